The predicted octanol–water partition coefficient (Wildman–Crippen LogP) is 3.40. The van der Waals surface area contributed by atoms with Crippen LogP contribution in [0.2, 0.25) is 5.15 Å². The third kappa shape index (κ3) is 3.11. The molecule has 2 aromatic rings. The Kier molecular flexibility index (Phi) is 4.29. The van der Waals surface area contributed by atoms with E-state index in [1.165, 1.54) is 25.3 Å². The van der Waals surface area contributed by atoms with Gasteiger partial charge in [-0.3, -0.25) is 4.79 Å². The van der Waals surface area contributed by atoms with Gasteiger partial charge in [0.15, 0.2) is 0 Å². The summed E-state index contributed by atoms with van der Waals surface area (Å²) >= 11 is 5.68. The number of hydrogen-bond acceptors (Lipinski definition) is 3. The SMILES string of the molecule is COC(=O)Cc1ccc(-c2nc(Cl)ccc2F)c(F)c1. The first-order valence-corrected chi connectivity index (χ1v) is 6.06. The summed E-state index contributed by atoms with van der Waals surface area (Å²) in [6.07, 6.45) is -0.0564. The number of esters is 1. The van der Waals surface area contributed by atoms with E-state index in [2.05, 4.69) is 9.72 Å². The van der Waals surface area contributed by atoms with Crippen LogP contribution in [-0.4, -0.2) is 18.1 Å². The molecule has 6 heteroatoms. The van der Waals surface area contributed by atoms with E-state index < -0.39 is 17.6 Å². The first-order chi connectivity index (χ1) is 9.51. The third-order valence-electron chi connectivity index (χ3n) is 2.68. The van der Waals surface area contributed by atoms with Gasteiger partial charge in [-0.25, -0.2) is 13.8 Å². The number of pyridine rings is 1. The van der Waals surface area contributed by atoms with Gasteiger partial charge < -0.3 is 4.74 Å². The van der Waals surface area contributed by atoms with Crippen molar-refractivity contribution in [3.05, 3.63) is 52.7 Å². The predicted molar refractivity (Wildman–Crippen MR) is 70.3 cm³/mol. The molecule has 0 radical (unpaired) electrons. The molecule has 0 saturated heterocycles. The normalized spacial score (nSPS) is 10.4. The van der Waals surface area contributed by atoms with Crippen LogP contribution in [0.3, 0.4) is 0 Å². The molecule has 0 unspecified atom stereocenters. The summed E-state index contributed by atoms with van der Waals surface area (Å²) in [7, 11) is 1.25. The highest BCUT2D eigenvalue weighted by Crippen LogP contribution is 2.26. The maximum atomic E-state index is 14.0. The maximum absolute atomic E-state index is 14.0. The Bertz CT molecular complexity index is 662. The van der Waals surface area contributed by atoms with Crippen molar-refractivity contribution in [2.45, 2.75) is 6.42 Å². The van der Waals surface area contributed by atoms with Crippen molar-refractivity contribution in [1.82, 2.24) is 4.98 Å². The van der Waals surface area contributed by atoms with Crippen LogP contribution in [0.25, 0.3) is 11.3 Å². The van der Waals surface area contributed by atoms with Crippen LogP contribution >= 0.6 is 11.6 Å². The van der Waals surface area contributed by atoms with Crippen LogP contribution in [0.4, 0.5) is 8.78 Å². The first-order valence-electron chi connectivity index (χ1n) is 5.69. The van der Waals surface area contributed by atoms with Gasteiger partial charge in [-0.15, -0.1) is 0 Å². The fraction of sp³-hybridized carbons (Fsp3) is 0.143. The zero-order valence-electron chi connectivity index (χ0n) is 10.5. The van der Waals surface area contributed by atoms with Crippen molar-refractivity contribution in [2.24, 2.45) is 0 Å². The number of benzene rings is 1. The van der Waals surface area contributed by atoms with E-state index in [0.29, 0.717) is 5.56 Å². The summed E-state index contributed by atoms with van der Waals surface area (Å²) in [6, 6.07) is 6.41. The second-order valence-electron chi connectivity index (χ2n) is 4.03. The van der Waals surface area contributed by atoms with E-state index in [9.17, 15) is 13.6 Å². The second-order valence-corrected chi connectivity index (χ2v) is 4.42. The number of nitrogens with zero attached hydrogens (tertiary/aromatic N) is 1. The van der Waals surface area contributed by atoms with Gasteiger partial charge in [-0.1, -0.05) is 17.7 Å². The summed E-state index contributed by atoms with van der Waals surface area (Å²) < 4.78 is 32.1. The van der Waals surface area contributed by atoms with E-state index in [4.69, 9.17) is 11.6 Å². The highest BCUT2D eigenvalue weighted by molar-refractivity contribution is 6.29. The molecule has 0 aliphatic carbocycles. The first kappa shape index (κ1) is 14.4. The molecule has 104 valence electrons. The molecule has 0 saturated carbocycles. The lowest BCUT2D eigenvalue weighted by molar-refractivity contribution is -0.139. The maximum Gasteiger partial charge on any atom is 0.309 e. The lowest BCUT2D eigenvalue weighted by Crippen LogP contribution is -2.05. The van der Waals surface area contributed by atoms with Crippen molar-refractivity contribution in [3.8, 4) is 11.3 Å². The van der Waals surface area contributed by atoms with Gasteiger partial charge in [0.25, 0.3) is 0 Å². The molecule has 0 aliphatic heterocycles. The molecule has 0 aliphatic rings. The van der Waals surface area contributed by atoms with E-state index in [0.717, 1.165) is 12.1 Å². The Morgan fingerprint density at radius 1 is 1.25 bits per heavy atom. The smallest absolute Gasteiger partial charge is 0.309 e. The third-order valence-corrected chi connectivity index (χ3v) is 2.89. The van der Waals surface area contributed by atoms with Gasteiger partial charge in [0.1, 0.15) is 22.5 Å². The second kappa shape index (κ2) is 5.96. The highest BCUT2D eigenvalue weighted by Gasteiger charge is 2.14. The van der Waals surface area contributed by atoms with Gasteiger partial charge in [0, 0.05) is 5.56 Å². The minimum absolute atomic E-state index is 0.0152. The fourth-order valence-corrected chi connectivity index (χ4v) is 1.85. The standard InChI is InChI=1S/C14H10ClF2NO2/c1-20-13(19)7-8-2-3-9(11(17)6-8)14-10(16)4-5-12(15)18-14/h2-6H,7H2,1H3. The lowest BCUT2D eigenvalue weighted by Gasteiger charge is -2.07. The average Bonchev–Trinajstić information content (AvgIpc) is 2.42. The minimum Gasteiger partial charge on any atom is -0.469 e. The van der Waals surface area contributed by atoms with E-state index in [1.807, 2.05) is 0 Å². The number of carbonyl (C=O) groups excluding carboxylic acids is 1. The molecule has 2 rings (SSSR count). The number of ether oxygens (including phenoxy) is 1. The van der Waals surface area contributed by atoms with Gasteiger partial charge in [-0.05, 0) is 29.8 Å². The zero-order valence-corrected chi connectivity index (χ0v) is 11.2. The lowest BCUT2D eigenvalue weighted by atomic mass is 10.1. The van der Waals surface area contributed by atoms with Crippen LogP contribution in [0.1, 0.15) is 5.56 Å². The van der Waals surface area contributed by atoms with Crippen molar-refractivity contribution >= 4 is 17.6 Å². The molecule has 0 N–H and O–H groups in total. The van der Waals surface area contributed by atoms with E-state index in [1.54, 1.807) is 0 Å². The zero-order chi connectivity index (χ0) is 14.7. The van der Waals surface area contributed by atoms with Crippen molar-refractivity contribution in [3.63, 3.8) is 0 Å². The van der Waals surface area contributed by atoms with Crippen molar-refractivity contribution in [2.75, 3.05) is 7.11 Å². The van der Waals surface area contributed by atoms with Crippen LogP contribution in [-0.2, 0) is 16.0 Å². The Morgan fingerprint density at radius 3 is 2.65 bits per heavy atom. The van der Waals surface area contributed by atoms with Crippen LogP contribution in [0.15, 0.2) is 30.3 Å². The number of rotatable bonds is 3. The van der Waals surface area contributed by atoms with Crippen LogP contribution in [0, 0.1) is 11.6 Å². The largest absolute Gasteiger partial charge is 0.469 e. The topological polar surface area (TPSA) is 39.2 Å². The highest BCUT2D eigenvalue weighted by atomic mass is 35.5. The molecule has 1 aromatic carbocycles. The van der Waals surface area contributed by atoms with Gasteiger partial charge in [0.05, 0.1) is 13.5 Å². The van der Waals surface area contributed by atoms with Gasteiger partial charge in [0.2, 0.25) is 0 Å². The summed E-state index contributed by atoms with van der Waals surface area (Å²) in [6.45, 7) is 0. The molecule has 1 aromatic heterocycles. The van der Waals surface area contributed by atoms with E-state index >= 15 is 0 Å². The van der Waals surface area contributed by atoms with Gasteiger partial charge >= 0.3 is 5.97 Å². The molecule has 0 bridgehead atoms. The Labute approximate surface area is 119 Å². The summed E-state index contributed by atoms with van der Waals surface area (Å²) in [5, 5.41) is 0.0689. The molecule has 0 amide bonds. The Morgan fingerprint density at radius 2 is 2.00 bits per heavy atom. The Balaban J connectivity index is 2.39. The molecule has 0 spiro atoms. The Hall–Kier alpha value is -2.01. The minimum atomic E-state index is -0.680. The quantitative estimate of drug-likeness (QED) is 0.644. The van der Waals surface area contributed by atoms with Crippen molar-refractivity contribution in [1.29, 1.82) is 0 Å². The average molecular weight is 298 g/mol. The monoisotopic (exact) mass is 297 g/mol. The molecule has 1 heterocycles. The number of methoxy groups -OCH3 is 1. The summed E-state index contributed by atoms with van der Waals surface area (Å²) in [4.78, 5) is 14.9. The molecule has 3 nitrogen and oxygen atoms in total. The molecule has 20 heavy (non-hydrogen) atoms. The summed E-state index contributed by atoms with van der Waals surface area (Å²) in [5.41, 5.74) is 0.249. The van der Waals surface area contributed by atoms with Crippen LogP contribution < -0.4 is 0 Å². The number of aromatic nitrogens is 1. The molecule has 0 fully saturated rings. The number of hydrogen-bond donors (Lipinski definition) is 0. The molecular weight excluding hydrogens is 288 g/mol. The van der Waals surface area contributed by atoms with Crippen molar-refractivity contribution < 1.29 is 18.3 Å². The number of halogens is 3. The number of carbonyl (C=O) groups is 1. The fourth-order valence-electron chi connectivity index (χ4n) is 1.71. The molecular formula is C14H10ClF2NO2. The van der Waals surface area contributed by atoms with Crippen LogP contribution in [0.5, 0.6) is 0 Å². The summed E-state index contributed by atoms with van der Waals surface area (Å²) in [5.74, 6) is -1.83. The molecule has 0 atom stereocenters. The van der Waals surface area contributed by atoms with E-state index in [-0.39, 0.29) is 22.8 Å². The van der Waals surface area contributed by atoms with Gasteiger partial charge in [-0.2, -0.15) is 0 Å².